The van der Waals surface area contributed by atoms with Gasteiger partial charge in [0.15, 0.2) is 0 Å². The minimum atomic E-state index is -4.01. The molecule has 3 rings (SSSR count). The minimum Gasteiger partial charge on any atom is -0.497 e. The van der Waals surface area contributed by atoms with Crippen molar-refractivity contribution in [2.75, 3.05) is 12.9 Å². The van der Waals surface area contributed by atoms with Gasteiger partial charge in [0.05, 0.1) is 29.6 Å². The smallest absolute Gasteiger partial charge is 0.265 e. The second kappa shape index (κ2) is 5.01. The zero-order valence-corrected chi connectivity index (χ0v) is 12.1. The highest BCUT2D eigenvalue weighted by Crippen LogP contribution is 2.29. The lowest BCUT2D eigenvalue weighted by molar-refractivity contribution is 0.415. The minimum absolute atomic E-state index is 0.153. The lowest BCUT2D eigenvalue weighted by Crippen LogP contribution is -2.07. The second-order valence-electron chi connectivity index (χ2n) is 4.75. The summed E-state index contributed by atoms with van der Waals surface area (Å²) in [7, 11) is -2.41. The number of aryl methyl sites for hydroxylation is 1. The molecule has 1 aromatic carbocycles. The molecule has 6 nitrogen and oxygen atoms in total. The standard InChI is InChI=1S/C14H14N2O4S/c1-20-9-2-3-10-11-4-6-15-12(5-7-21(17,18)19)14(11)16-13(10)8-9/h2-4,6,8,16H,5,7H2,1H3,(H,17,18,19). The van der Waals surface area contributed by atoms with Crippen molar-refractivity contribution in [3.8, 4) is 5.75 Å². The summed E-state index contributed by atoms with van der Waals surface area (Å²) in [5.74, 6) is 0.388. The van der Waals surface area contributed by atoms with Gasteiger partial charge in [0, 0.05) is 29.5 Å². The van der Waals surface area contributed by atoms with Crippen LogP contribution in [0.15, 0.2) is 30.5 Å². The van der Waals surface area contributed by atoms with Crippen molar-refractivity contribution in [3.63, 3.8) is 0 Å². The summed E-state index contributed by atoms with van der Waals surface area (Å²) in [6.45, 7) is 0. The molecule has 0 aliphatic carbocycles. The Balaban J connectivity index is 2.14. The van der Waals surface area contributed by atoms with E-state index in [2.05, 4.69) is 9.97 Å². The molecule has 0 amide bonds. The number of methoxy groups -OCH3 is 1. The van der Waals surface area contributed by atoms with Crippen LogP contribution < -0.4 is 4.74 Å². The average Bonchev–Trinajstić information content (AvgIpc) is 2.82. The van der Waals surface area contributed by atoms with Gasteiger partial charge in [-0.2, -0.15) is 8.42 Å². The summed E-state index contributed by atoms with van der Waals surface area (Å²) in [5, 5.41) is 1.98. The Labute approximate surface area is 121 Å². The van der Waals surface area contributed by atoms with Gasteiger partial charge in [0.1, 0.15) is 5.75 Å². The van der Waals surface area contributed by atoms with Crippen molar-refractivity contribution < 1.29 is 17.7 Å². The van der Waals surface area contributed by atoms with E-state index in [9.17, 15) is 8.42 Å². The van der Waals surface area contributed by atoms with Crippen LogP contribution in [0.2, 0.25) is 0 Å². The molecule has 0 saturated carbocycles. The molecule has 0 radical (unpaired) electrons. The first kappa shape index (κ1) is 13.8. The number of nitrogens with zero attached hydrogens (tertiary/aromatic N) is 1. The number of ether oxygens (including phenoxy) is 1. The molecule has 2 N–H and O–H groups in total. The fourth-order valence-corrected chi connectivity index (χ4v) is 2.86. The van der Waals surface area contributed by atoms with Crippen LogP contribution in [0.3, 0.4) is 0 Å². The molecule has 0 atom stereocenters. The van der Waals surface area contributed by atoms with Crippen molar-refractivity contribution in [1.82, 2.24) is 9.97 Å². The summed E-state index contributed by atoms with van der Waals surface area (Å²) < 4.78 is 35.9. The van der Waals surface area contributed by atoms with E-state index in [4.69, 9.17) is 9.29 Å². The van der Waals surface area contributed by atoms with E-state index in [1.165, 1.54) is 0 Å². The van der Waals surface area contributed by atoms with Gasteiger partial charge in [-0.3, -0.25) is 9.54 Å². The molecule has 21 heavy (non-hydrogen) atoms. The topological polar surface area (TPSA) is 92.3 Å². The molecule has 0 aliphatic rings. The molecule has 0 bridgehead atoms. The van der Waals surface area contributed by atoms with E-state index in [0.29, 0.717) is 5.69 Å². The lowest BCUT2D eigenvalue weighted by Gasteiger charge is -2.00. The van der Waals surface area contributed by atoms with Crippen LogP contribution >= 0.6 is 0 Å². The maximum absolute atomic E-state index is 10.9. The van der Waals surface area contributed by atoms with Crippen LogP contribution in [0, 0.1) is 0 Å². The molecule has 2 aromatic heterocycles. The third-order valence-electron chi connectivity index (χ3n) is 3.40. The number of fused-ring (bicyclic) bond motifs is 3. The molecular weight excluding hydrogens is 292 g/mol. The van der Waals surface area contributed by atoms with Crippen molar-refractivity contribution in [2.24, 2.45) is 0 Å². The Morgan fingerprint density at radius 1 is 1.29 bits per heavy atom. The number of hydrogen-bond acceptors (Lipinski definition) is 4. The van der Waals surface area contributed by atoms with Gasteiger partial charge in [-0.15, -0.1) is 0 Å². The molecule has 0 saturated heterocycles. The number of hydrogen-bond donors (Lipinski definition) is 2. The monoisotopic (exact) mass is 306 g/mol. The number of benzene rings is 1. The van der Waals surface area contributed by atoms with E-state index in [0.717, 1.165) is 27.6 Å². The summed E-state index contributed by atoms with van der Waals surface area (Å²) in [5.41, 5.74) is 2.29. The number of rotatable bonds is 4. The zero-order chi connectivity index (χ0) is 15.0. The highest BCUT2D eigenvalue weighted by molar-refractivity contribution is 7.85. The number of aromatic amines is 1. The molecule has 0 aliphatic heterocycles. The van der Waals surface area contributed by atoms with Gasteiger partial charge in [-0.05, 0) is 18.2 Å². The molecule has 3 aromatic rings. The largest absolute Gasteiger partial charge is 0.497 e. The molecule has 0 fully saturated rings. The van der Waals surface area contributed by atoms with Gasteiger partial charge in [0.2, 0.25) is 0 Å². The molecule has 7 heteroatoms. The molecular formula is C14H14N2O4S. The Bertz CT molecular complexity index is 915. The first-order chi connectivity index (χ1) is 9.98. The van der Waals surface area contributed by atoms with Crippen molar-refractivity contribution in [2.45, 2.75) is 6.42 Å². The fraction of sp³-hybridized carbons (Fsp3) is 0.214. The quantitative estimate of drug-likeness (QED) is 0.721. The van der Waals surface area contributed by atoms with Crippen LogP contribution in [0.5, 0.6) is 5.75 Å². The SMILES string of the molecule is COc1ccc2c(c1)[nH]c1c(CCS(=O)(=O)O)nccc12. The maximum atomic E-state index is 10.9. The van der Waals surface area contributed by atoms with E-state index in [-0.39, 0.29) is 12.2 Å². The number of nitrogens with one attached hydrogen (secondary N) is 1. The number of aromatic nitrogens is 2. The summed E-state index contributed by atoms with van der Waals surface area (Å²) in [4.78, 5) is 7.45. The van der Waals surface area contributed by atoms with Gasteiger partial charge < -0.3 is 9.72 Å². The summed E-state index contributed by atoms with van der Waals surface area (Å²) >= 11 is 0. The highest BCUT2D eigenvalue weighted by Gasteiger charge is 2.12. The van der Waals surface area contributed by atoms with Gasteiger partial charge >= 0.3 is 0 Å². The zero-order valence-electron chi connectivity index (χ0n) is 11.3. The normalized spacial score (nSPS) is 12.1. The number of H-pyrrole nitrogens is 1. The highest BCUT2D eigenvalue weighted by atomic mass is 32.2. The van der Waals surface area contributed by atoms with E-state index in [1.807, 2.05) is 24.3 Å². The second-order valence-corrected chi connectivity index (χ2v) is 6.32. The predicted octanol–water partition coefficient (Wildman–Crippen LogP) is 2.16. The maximum Gasteiger partial charge on any atom is 0.265 e. The van der Waals surface area contributed by atoms with Crippen LogP contribution in [0.4, 0.5) is 0 Å². The van der Waals surface area contributed by atoms with Gasteiger partial charge in [0.25, 0.3) is 10.1 Å². The molecule has 0 unspecified atom stereocenters. The van der Waals surface area contributed by atoms with Gasteiger partial charge in [-0.1, -0.05) is 0 Å². The van der Waals surface area contributed by atoms with Crippen molar-refractivity contribution >= 4 is 31.9 Å². The van der Waals surface area contributed by atoms with Crippen molar-refractivity contribution in [3.05, 3.63) is 36.2 Å². The fourth-order valence-electron chi connectivity index (χ4n) is 2.41. The van der Waals surface area contributed by atoms with E-state index >= 15 is 0 Å². The van der Waals surface area contributed by atoms with Gasteiger partial charge in [-0.25, -0.2) is 0 Å². The third-order valence-corrected chi connectivity index (χ3v) is 4.12. The summed E-state index contributed by atoms with van der Waals surface area (Å²) in [6, 6.07) is 7.56. The molecule has 2 heterocycles. The summed E-state index contributed by atoms with van der Waals surface area (Å²) in [6.07, 6.45) is 1.79. The lowest BCUT2D eigenvalue weighted by atomic mass is 10.1. The first-order valence-corrected chi connectivity index (χ1v) is 7.97. The molecule has 0 spiro atoms. The Morgan fingerprint density at radius 3 is 2.81 bits per heavy atom. The van der Waals surface area contributed by atoms with E-state index in [1.54, 1.807) is 13.3 Å². The van der Waals surface area contributed by atoms with Crippen molar-refractivity contribution in [1.29, 1.82) is 0 Å². The van der Waals surface area contributed by atoms with E-state index < -0.39 is 10.1 Å². The van der Waals surface area contributed by atoms with Crippen LogP contribution in [0.25, 0.3) is 21.8 Å². The number of pyridine rings is 1. The Hall–Kier alpha value is -2.12. The van der Waals surface area contributed by atoms with Crippen LogP contribution in [-0.4, -0.2) is 35.8 Å². The Kier molecular flexibility index (Phi) is 3.30. The first-order valence-electron chi connectivity index (χ1n) is 6.36. The van der Waals surface area contributed by atoms with Crippen LogP contribution in [-0.2, 0) is 16.5 Å². The molecule has 110 valence electrons. The predicted molar refractivity (Wildman–Crippen MR) is 80.3 cm³/mol. The third kappa shape index (κ3) is 2.70. The van der Waals surface area contributed by atoms with Crippen LogP contribution in [0.1, 0.15) is 5.69 Å². The average molecular weight is 306 g/mol. The Morgan fingerprint density at radius 2 is 2.10 bits per heavy atom.